The van der Waals surface area contributed by atoms with Crippen LogP contribution in [0.3, 0.4) is 0 Å². The SMILES string of the molecule is O=C(Cn1c(=O)oc2ccccc21)Nc1nc(-c2nc3ccccc3s2)cs1. The van der Waals surface area contributed by atoms with Crippen LogP contribution in [-0.4, -0.2) is 20.4 Å². The van der Waals surface area contributed by atoms with E-state index in [0.717, 1.165) is 15.2 Å². The molecule has 5 aromatic rings. The van der Waals surface area contributed by atoms with Crippen molar-refractivity contribution in [1.29, 1.82) is 0 Å². The predicted molar refractivity (Wildman–Crippen MR) is 110 cm³/mol. The van der Waals surface area contributed by atoms with Gasteiger partial charge in [-0.05, 0) is 24.3 Å². The lowest BCUT2D eigenvalue weighted by Crippen LogP contribution is -2.24. The zero-order chi connectivity index (χ0) is 19.1. The number of anilines is 1. The minimum atomic E-state index is -0.564. The van der Waals surface area contributed by atoms with Gasteiger partial charge >= 0.3 is 5.76 Å². The summed E-state index contributed by atoms with van der Waals surface area (Å²) >= 11 is 2.87. The molecule has 0 saturated heterocycles. The first kappa shape index (κ1) is 16.8. The van der Waals surface area contributed by atoms with E-state index in [1.54, 1.807) is 35.6 Å². The van der Waals surface area contributed by atoms with Crippen molar-refractivity contribution in [3.8, 4) is 10.7 Å². The average Bonchev–Trinajstić information content (AvgIpc) is 3.39. The molecule has 138 valence electrons. The number of nitrogens with zero attached hydrogens (tertiary/aromatic N) is 3. The average molecular weight is 408 g/mol. The summed E-state index contributed by atoms with van der Waals surface area (Å²) in [6, 6.07) is 14.9. The molecule has 0 unspecified atom stereocenters. The molecule has 1 N–H and O–H groups in total. The highest BCUT2D eigenvalue weighted by molar-refractivity contribution is 7.22. The number of fused-ring (bicyclic) bond motifs is 2. The van der Waals surface area contributed by atoms with E-state index in [4.69, 9.17) is 4.42 Å². The van der Waals surface area contributed by atoms with Crippen molar-refractivity contribution in [1.82, 2.24) is 14.5 Å². The fraction of sp³-hybridized carbons (Fsp3) is 0.0526. The van der Waals surface area contributed by atoms with Crippen molar-refractivity contribution in [2.24, 2.45) is 0 Å². The number of carbonyl (C=O) groups is 1. The standard InChI is InChI=1S/C19H12N4O3S2/c24-16(9-23-13-6-2-3-7-14(13)26-19(23)25)22-18-21-12(10-27-18)17-20-11-5-1-4-8-15(11)28-17/h1-8,10H,9H2,(H,21,22,24). The van der Waals surface area contributed by atoms with E-state index in [1.807, 2.05) is 29.6 Å². The Hall–Kier alpha value is -3.30. The van der Waals surface area contributed by atoms with Gasteiger partial charge in [0.2, 0.25) is 5.91 Å². The summed E-state index contributed by atoms with van der Waals surface area (Å²) in [5.41, 5.74) is 2.67. The lowest BCUT2D eigenvalue weighted by molar-refractivity contribution is -0.116. The van der Waals surface area contributed by atoms with Crippen LogP contribution in [0.5, 0.6) is 0 Å². The van der Waals surface area contributed by atoms with Crippen LogP contribution in [-0.2, 0) is 11.3 Å². The fourth-order valence-corrected chi connectivity index (χ4v) is 4.59. The summed E-state index contributed by atoms with van der Waals surface area (Å²) in [4.78, 5) is 33.4. The van der Waals surface area contributed by atoms with Gasteiger partial charge in [-0.1, -0.05) is 24.3 Å². The number of carbonyl (C=O) groups excluding carboxylic acids is 1. The normalized spacial score (nSPS) is 11.3. The molecule has 0 aliphatic rings. The Morgan fingerprint density at radius 2 is 1.93 bits per heavy atom. The quantitative estimate of drug-likeness (QED) is 0.486. The second kappa shape index (κ2) is 6.70. The first-order chi connectivity index (χ1) is 13.7. The molecule has 0 aliphatic heterocycles. The molecule has 0 spiro atoms. The molecule has 28 heavy (non-hydrogen) atoms. The molecular formula is C19H12N4O3S2. The topological polar surface area (TPSA) is 90.0 Å². The van der Waals surface area contributed by atoms with Gasteiger partial charge in [-0.3, -0.25) is 9.36 Å². The largest absolute Gasteiger partial charge is 0.420 e. The second-order valence-electron chi connectivity index (χ2n) is 5.99. The minimum Gasteiger partial charge on any atom is -0.408 e. The van der Waals surface area contributed by atoms with Gasteiger partial charge in [0.15, 0.2) is 10.7 Å². The number of hydrogen-bond donors (Lipinski definition) is 1. The summed E-state index contributed by atoms with van der Waals surface area (Å²) in [7, 11) is 0. The second-order valence-corrected chi connectivity index (χ2v) is 7.88. The monoisotopic (exact) mass is 408 g/mol. The highest BCUT2D eigenvalue weighted by atomic mass is 32.1. The predicted octanol–water partition coefficient (Wildman–Crippen LogP) is 3.97. The van der Waals surface area contributed by atoms with E-state index in [1.165, 1.54) is 15.9 Å². The van der Waals surface area contributed by atoms with Gasteiger partial charge in [0.25, 0.3) is 0 Å². The van der Waals surface area contributed by atoms with Gasteiger partial charge in [0.05, 0.1) is 15.7 Å². The van der Waals surface area contributed by atoms with Crippen molar-refractivity contribution < 1.29 is 9.21 Å². The van der Waals surface area contributed by atoms with Crippen LogP contribution in [0.1, 0.15) is 0 Å². The summed E-state index contributed by atoms with van der Waals surface area (Å²) in [5, 5.41) is 5.85. The summed E-state index contributed by atoms with van der Waals surface area (Å²) in [5.74, 6) is -0.912. The van der Waals surface area contributed by atoms with Gasteiger partial charge < -0.3 is 9.73 Å². The molecule has 1 amide bonds. The zero-order valence-electron chi connectivity index (χ0n) is 14.3. The molecule has 7 nitrogen and oxygen atoms in total. The number of benzene rings is 2. The summed E-state index contributed by atoms with van der Waals surface area (Å²) < 4.78 is 7.53. The first-order valence-corrected chi connectivity index (χ1v) is 10.1. The van der Waals surface area contributed by atoms with E-state index in [-0.39, 0.29) is 12.5 Å². The van der Waals surface area contributed by atoms with E-state index in [2.05, 4.69) is 15.3 Å². The molecule has 0 radical (unpaired) electrons. The van der Waals surface area contributed by atoms with Crippen LogP contribution in [0.2, 0.25) is 0 Å². The smallest absolute Gasteiger partial charge is 0.408 e. The number of rotatable bonds is 4. The van der Waals surface area contributed by atoms with E-state index in [9.17, 15) is 9.59 Å². The van der Waals surface area contributed by atoms with Crippen LogP contribution in [0.15, 0.2) is 63.1 Å². The maximum atomic E-state index is 12.4. The Labute approximate surface area is 165 Å². The highest BCUT2D eigenvalue weighted by Crippen LogP contribution is 2.31. The van der Waals surface area contributed by atoms with Crippen molar-refractivity contribution in [3.63, 3.8) is 0 Å². The fourth-order valence-electron chi connectivity index (χ4n) is 2.88. The van der Waals surface area contributed by atoms with Crippen molar-refractivity contribution in [2.45, 2.75) is 6.54 Å². The number of hydrogen-bond acceptors (Lipinski definition) is 7. The van der Waals surface area contributed by atoms with Crippen LogP contribution in [0.25, 0.3) is 32.0 Å². The third kappa shape index (κ3) is 3.00. The molecule has 3 heterocycles. The molecule has 0 saturated carbocycles. The van der Waals surface area contributed by atoms with Crippen LogP contribution in [0.4, 0.5) is 5.13 Å². The van der Waals surface area contributed by atoms with Crippen molar-refractivity contribution in [3.05, 3.63) is 64.5 Å². The molecule has 0 atom stereocenters. The summed E-state index contributed by atoms with van der Waals surface area (Å²) in [6.07, 6.45) is 0. The van der Waals surface area contributed by atoms with Gasteiger partial charge in [-0.15, -0.1) is 22.7 Å². The molecule has 5 rings (SSSR count). The van der Waals surface area contributed by atoms with Crippen molar-refractivity contribution in [2.75, 3.05) is 5.32 Å². The molecule has 2 aromatic carbocycles. The first-order valence-electron chi connectivity index (χ1n) is 8.37. The minimum absolute atomic E-state index is 0.147. The number of para-hydroxylation sites is 3. The number of amides is 1. The maximum Gasteiger partial charge on any atom is 0.420 e. The lowest BCUT2D eigenvalue weighted by Gasteiger charge is -2.02. The van der Waals surface area contributed by atoms with Crippen LogP contribution >= 0.6 is 22.7 Å². The molecule has 0 bridgehead atoms. The van der Waals surface area contributed by atoms with E-state index in [0.29, 0.717) is 21.9 Å². The molecule has 3 aromatic heterocycles. The number of nitrogens with one attached hydrogen (secondary N) is 1. The Kier molecular flexibility index (Phi) is 4.03. The third-order valence-electron chi connectivity index (χ3n) is 4.14. The molecular weight excluding hydrogens is 396 g/mol. The van der Waals surface area contributed by atoms with E-state index >= 15 is 0 Å². The van der Waals surface area contributed by atoms with Crippen molar-refractivity contribution >= 4 is 55.0 Å². The van der Waals surface area contributed by atoms with E-state index < -0.39 is 5.76 Å². The summed E-state index contributed by atoms with van der Waals surface area (Å²) in [6.45, 7) is -0.147. The Morgan fingerprint density at radius 3 is 2.82 bits per heavy atom. The van der Waals surface area contributed by atoms with Crippen LogP contribution in [0, 0.1) is 0 Å². The Balaban J connectivity index is 1.36. The van der Waals surface area contributed by atoms with Gasteiger partial charge in [-0.2, -0.15) is 0 Å². The lowest BCUT2D eigenvalue weighted by atomic mass is 10.3. The zero-order valence-corrected chi connectivity index (χ0v) is 15.9. The number of oxazole rings is 1. The number of aromatic nitrogens is 3. The molecule has 0 fully saturated rings. The van der Waals surface area contributed by atoms with Gasteiger partial charge in [0, 0.05) is 5.38 Å². The highest BCUT2D eigenvalue weighted by Gasteiger charge is 2.15. The maximum absolute atomic E-state index is 12.4. The Morgan fingerprint density at radius 1 is 1.11 bits per heavy atom. The van der Waals surface area contributed by atoms with Gasteiger partial charge in [0.1, 0.15) is 17.2 Å². The Bertz CT molecular complexity index is 1350. The number of thiazole rings is 2. The van der Waals surface area contributed by atoms with Gasteiger partial charge in [-0.25, -0.2) is 14.8 Å². The van der Waals surface area contributed by atoms with Crippen LogP contribution < -0.4 is 11.1 Å². The molecule has 0 aliphatic carbocycles. The third-order valence-corrected chi connectivity index (χ3v) is 5.96. The molecule has 9 heteroatoms.